The first-order chi connectivity index (χ1) is 14.5. The van der Waals surface area contributed by atoms with Crippen molar-refractivity contribution in [1.82, 2.24) is 15.5 Å². The Morgan fingerprint density at radius 2 is 1.87 bits per heavy atom. The molecule has 2 aromatic carbocycles. The van der Waals surface area contributed by atoms with Crippen molar-refractivity contribution in [3.8, 4) is 23.1 Å². The normalized spacial score (nSPS) is 10.9. The lowest BCUT2D eigenvalue weighted by Crippen LogP contribution is -2.23. The van der Waals surface area contributed by atoms with E-state index in [2.05, 4.69) is 15.5 Å². The molecule has 0 radical (unpaired) electrons. The first-order valence-corrected chi connectivity index (χ1v) is 9.33. The van der Waals surface area contributed by atoms with Gasteiger partial charge in [0.15, 0.2) is 5.76 Å². The minimum absolute atomic E-state index is 0.150. The third-order valence-electron chi connectivity index (χ3n) is 4.83. The van der Waals surface area contributed by atoms with Gasteiger partial charge in [-0.05, 0) is 44.2 Å². The molecule has 0 saturated carbocycles. The number of hydrogen-bond donors (Lipinski definition) is 1. The maximum atomic E-state index is 12.5. The van der Waals surface area contributed by atoms with Gasteiger partial charge in [-0.2, -0.15) is 0 Å². The molecule has 2 aromatic heterocycles. The highest BCUT2D eigenvalue weighted by Crippen LogP contribution is 2.32. The lowest BCUT2D eigenvalue weighted by atomic mass is 10.1. The number of carbonyl (C=O) groups excluding carboxylic acids is 1. The van der Waals surface area contributed by atoms with Crippen LogP contribution in [0, 0.1) is 13.8 Å². The summed E-state index contributed by atoms with van der Waals surface area (Å²) in [5.41, 5.74) is 3.48. The molecule has 4 aromatic rings. The van der Waals surface area contributed by atoms with Gasteiger partial charge in [-0.25, -0.2) is 0 Å². The second kappa shape index (κ2) is 7.90. The zero-order chi connectivity index (χ0) is 21.3. The van der Waals surface area contributed by atoms with Crippen molar-refractivity contribution in [2.24, 2.45) is 0 Å². The van der Waals surface area contributed by atoms with Crippen LogP contribution in [0.15, 0.2) is 45.2 Å². The van der Waals surface area contributed by atoms with Gasteiger partial charge in [-0.15, -0.1) is 10.2 Å². The van der Waals surface area contributed by atoms with E-state index in [9.17, 15) is 4.79 Å². The number of amides is 1. The number of furan rings is 1. The number of rotatable bonds is 6. The van der Waals surface area contributed by atoms with Gasteiger partial charge in [-0.3, -0.25) is 4.79 Å². The van der Waals surface area contributed by atoms with Gasteiger partial charge >= 0.3 is 11.8 Å². The lowest BCUT2D eigenvalue weighted by Gasteiger charge is -2.10. The van der Waals surface area contributed by atoms with Crippen LogP contribution in [0.25, 0.3) is 22.6 Å². The van der Waals surface area contributed by atoms with Crippen LogP contribution in [-0.4, -0.2) is 30.3 Å². The number of aryl methyl sites for hydroxylation is 2. The number of nitrogens with zero attached hydrogens (tertiary/aromatic N) is 2. The fourth-order valence-corrected chi connectivity index (χ4v) is 3.22. The summed E-state index contributed by atoms with van der Waals surface area (Å²) < 4.78 is 22.0. The average molecular weight is 407 g/mol. The molecule has 0 aliphatic rings. The van der Waals surface area contributed by atoms with Crippen LogP contribution in [0.2, 0.25) is 0 Å². The first kappa shape index (κ1) is 19.5. The largest absolute Gasteiger partial charge is 0.497 e. The Morgan fingerprint density at radius 3 is 2.63 bits per heavy atom. The van der Waals surface area contributed by atoms with Crippen LogP contribution in [0.1, 0.15) is 27.4 Å². The molecule has 4 rings (SSSR count). The molecule has 0 bridgehead atoms. The molecule has 0 fully saturated rings. The SMILES string of the molecule is COc1ccc(OC)c(CNC(=O)c2nnc(-c3oc4ccc(C)cc4c3C)o2)c1. The van der Waals surface area contributed by atoms with Crippen molar-refractivity contribution in [3.05, 3.63) is 59.0 Å². The van der Waals surface area contributed by atoms with Gasteiger partial charge in [0.25, 0.3) is 5.89 Å². The van der Waals surface area contributed by atoms with Crippen LogP contribution in [0.5, 0.6) is 11.5 Å². The molecule has 1 amide bonds. The van der Waals surface area contributed by atoms with E-state index in [0.29, 0.717) is 17.3 Å². The van der Waals surface area contributed by atoms with Crippen LogP contribution in [0.4, 0.5) is 0 Å². The zero-order valence-corrected chi connectivity index (χ0v) is 17.1. The highest BCUT2D eigenvalue weighted by molar-refractivity contribution is 5.90. The standard InChI is InChI=1S/C22H21N3O5/c1-12-5-7-18-16(9-12)13(2)19(29-18)21-24-25-22(30-21)20(26)23-11-14-10-15(27-3)6-8-17(14)28-4/h5-10H,11H2,1-4H3,(H,23,26). The first-order valence-electron chi connectivity index (χ1n) is 9.33. The zero-order valence-electron chi connectivity index (χ0n) is 17.1. The summed E-state index contributed by atoms with van der Waals surface area (Å²) in [6, 6.07) is 11.2. The molecule has 0 saturated heterocycles. The number of benzene rings is 2. The van der Waals surface area contributed by atoms with Crippen molar-refractivity contribution < 1.29 is 23.1 Å². The molecular formula is C22H21N3O5. The molecular weight excluding hydrogens is 386 g/mol. The lowest BCUT2D eigenvalue weighted by molar-refractivity contribution is 0.0916. The van der Waals surface area contributed by atoms with Crippen molar-refractivity contribution >= 4 is 16.9 Å². The fourth-order valence-electron chi connectivity index (χ4n) is 3.22. The number of carbonyl (C=O) groups is 1. The number of methoxy groups -OCH3 is 2. The number of hydrogen-bond acceptors (Lipinski definition) is 7. The predicted octanol–water partition coefficient (Wildman–Crippen LogP) is 4.05. The van der Waals surface area contributed by atoms with E-state index in [1.165, 1.54) is 0 Å². The predicted molar refractivity (Wildman–Crippen MR) is 110 cm³/mol. The number of nitrogens with one attached hydrogen (secondary N) is 1. The number of fused-ring (bicyclic) bond motifs is 1. The van der Waals surface area contributed by atoms with Crippen LogP contribution >= 0.6 is 0 Å². The molecule has 0 atom stereocenters. The second-order valence-corrected chi connectivity index (χ2v) is 6.83. The van der Waals surface area contributed by atoms with E-state index in [1.807, 2.05) is 32.0 Å². The second-order valence-electron chi connectivity index (χ2n) is 6.83. The third-order valence-corrected chi connectivity index (χ3v) is 4.83. The minimum atomic E-state index is -0.497. The summed E-state index contributed by atoms with van der Waals surface area (Å²) >= 11 is 0. The van der Waals surface area contributed by atoms with Crippen molar-refractivity contribution in [3.63, 3.8) is 0 Å². The topological polar surface area (TPSA) is 99.6 Å². The Bertz CT molecular complexity index is 1220. The summed E-state index contributed by atoms with van der Waals surface area (Å²) in [6.45, 7) is 4.14. The Morgan fingerprint density at radius 1 is 1.03 bits per heavy atom. The minimum Gasteiger partial charge on any atom is -0.497 e. The maximum Gasteiger partial charge on any atom is 0.309 e. The van der Waals surface area contributed by atoms with Gasteiger partial charge in [0.2, 0.25) is 0 Å². The molecule has 8 nitrogen and oxygen atoms in total. The monoisotopic (exact) mass is 407 g/mol. The summed E-state index contributed by atoms with van der Waals surface area (Å²) in [5, 5.41) is 11.6. The molecule has 0 spiro atoms. The van der Waals surface area contributed by atoms with Crippen molar-refractivity contribution in [1.29, 1.82) is 0 Å². The molecule has 0 aliphatic heterocycles. The van der Waals surface area contributed by atoms with Crippen LogP contribution < -0.4 is 14.8 Å². The van der Waals surface area contributed by atoms with Crippen molar-refractivity contribution in [2.75, 3.05) is 14.2 Å². The van der Waals surface area contributed by atoms with Gasteiger partial charge in [0.05, 0.1) is 14.2 Å². The summed E-state index contributed by atoms with van der Waals surface area (Å²) in [6.07, 6.45) is 0. The summed E-state index contributed by atoms with van der Waals surface area (Å²) in [4.78, 5) is 12.5. The smallest absolute Gasteiger partial charge is 0.309 e. The van der Waals surface area contributed by atoms with Gasteiger partial charge in [0, 0.05) is 23.1 Å². The Balaban J connectivity index is 1.53. The average Bonchev–Trinajstić information content (AvgIpc) is 3.37. The van der Waals surface area contributed by atoms with E-state index in [0.717, 1.165) is 27.7 Å². The van der Waals surface area contributed by atoms with E-state index >= 15 is 0 Å². The van der Waals surface area contributed by atoms with E-state index in [4.69, 9.17) is 18.3 Å². The quantitative estimate of drug-likeness (QED) is 0.515. The Labute approximate surface area is 172 Å². The molecule has 30 heavy (non-hydrogen) atoms. The number of aromatic nitrogens is 2. The molecule has 0 unspecified atom stereocenters. The van der Waals surface area contributed by atoms with Gasteiger partial charge in [0.1, 0.15) is 17.1 Å². The molecule has 0 aliphatic carbocycles. The van der Waals surface area contributed by atoms with Crippen molar-refractivity contribution in [2.45, 2.75) is 20.4 Å². The van der Waals surface area contributed by atoms with Crippen LogP contribution in [0.3, 0.4) is 0 Å². The molecule has 154 valence electrons. The summed E-state index contributed by atoms with van der Waals surface area (Å²) in [5.74, 6) is 1.26. The van der Waals surface area contributed by atoms with Crippen LogP contribution in [-0.2, 0) is 6.54 Å². The highest BCUT2D eigenvalue weighted by Gasteiger charge is 2.21. The molecule has 8 heteroatoms. The molecule has 1 N–H and O–H groups in total. The van der Waals surface area contributed by atoms with Gasteiger partial charge < -0.3 is 23.6 Å². The number of ether oxygens (including phenoxy) is 2. The highest BCUT2D eigenvalue weighted by atomic mass is 16.5. The summed E-state index contributed by atoms with van der Waals surface area (Å²) in [7, 11) is 3.14. The Hall–Kier alpha value is -3.81. The van der Waals surface area contributed by atoms with E-state index in [1.54, 1.807) is 32.4 Å². The third kappa shape index (κ3) is 3.59. The van der Waals surface area contributed by atoms with E-state index < -0.39 is 5.91 Å². The Kier molecular flexibility index (Phi) is 5.14. The fraction of sp³-hybridized carbons (Fsp3) is 0.227. The molecule has 2 heterocycles. The van der Waals surface area contributed by atoms with Gasteiger partial charge in [-0.1, -0.05) is 11.6 Å². The maximum absolute atomic E-state index is 12.5. The van der Waals surface area contributed by atoms with E-state index in [-0.39, 0.29) is 18.3 Å².